The molecule has 0 radical (unpaired) electrons. The van der Waals surface area contributed by atoms with Gasteiger partial charge in [-0.05, 0) is 37.1 Å². The molecule has 0 spiro atoms. The fraction of sp³-hybridized carbons (Fsp3) is 0.727. The van der Waals surface area contributed by atoms with Gasteiger partial charge in [-0.15, -0.1) is 0 Å². The monoisotopic (exact) mass is 693 g/mol. The fourth-order valence-corrected chi connectivity index (χ4v) is 6.42. The van der Waals surface area contributed by atoms with E-state index in [2.05, 4.69) is 23.8 Å². The summed E-state index contributed by atoms with van der Waals surface area (Å²) in [6.45, 7) is 5.43. The molecule has 2 rings (SSSR count). The van der Waals surface area contributed by atoms with Crippen molar-refractivity contribution < 1.29 is 19.1 Å². The third-order valence-corrected chi connectivity index (χ3v) is 9.72. The molecular formula is C44H72N2O4. The number of unbranched alkanes of at least 4 members (excludes halogenated alkanes) is 26. The van der Waals surface area contributed by atoms with Crippen LogP contribution < -0.4 is 0 Å². The molecule has 0 aliphatic rings. The summed E-state index contributed by atoms with van der Waals surface area (Å²) < 4.78 is 10.9. The van der Waals surface area contributed by atoms with Gasteiger partial charge in [0.25, 0.3) is 0 Å². The van der Waals surface area contributed by atoms with Crippen molar-refractivity contribution in [3.8, 4) is 11.4 Å². The van der Waals surface area contributed by atoms with E-state index in [1.54, 1.807) is 24.3 Å². The van der Waals surface area contributed by atoms with Crippen LogP contribution in [-0.2, 0) is 9.47 Å². The van der Waals surface area contributed by atoms with Crippen molar-refractivity contribution in [2.24, 2.45) is 0 Å². The number of pyridine rings is 2. The maximum Gasteiger partial charge on any atom is 0.339 e. The largest absolute Gasteiger partial charge is 0.462 e. The van der Waals surface area contributed by atoms with E-state index in [0.717, 1.165) is 25.7 Å². The first-order valence-electron chi connectivity index (χ1n) is 20.9. The van der Waals surface area contributed by atoms with Crippen LogP contribution in [0.3, 0.4) is 0 Å². The quantitative estimate of drug-likeness (QED) is 0.0547. The maximum absolute atomic E-state index is 12.5. The molecule has 0 aliphatic carbocycles. The van der Waals surface area contributed by atoms with Crippen LogP contribution in [0.5, 0.6) is 0 Å². The van der Waals surface area contributed by atoms with Gasteiger partial charge in [0, 0.05) is 12.4 Å². The summed E-state index contributed by atoms with van der Waals surface area (Å²) in [5.41, 5.74) is 2.14. The molecule has 2 aromatic heterocycles. The molecule has 6 nitrogen and oxygen atoms in total. The molecule has 0 bridgehead atoms. The molecule has 2 aromatic rings. The highest BCUT2D eigenvalue weighted by Crippen LogP contribution is 2.18. The minimum Gasteiger partial charge on any atom is -0.462 e. The number of ether oxygens (including phenoxy) is 2. The third kappa shape index (κ3) is 22.1. The predicted molar refractivity (Wildman–Crippen MR) is 209 cm³/mol. The number of carbonyl (C=O) groups is 2. The van der Waals surface area contributed by atoms with Crippen LogP contribution in [0.15, 0.2) is 36.7 Å². The second kappa shape index (κ2) is 31.0. The van der Waals surface area contributed by atoms with Gasteiger partial charge in [0.15, 0.2) is 0 Å². The molecule has 0 saturated heterocycles. The smallest absolute Gasteiger partial charge is 0.339 e. The van der Waals surface area contributed by atoms with Gasteiger partial charge in [0.1, 0.15) is 0 Å². The van der Waals surface area contributed by atoms with Crippen molar-refractivity contribution in [2.45, 2.75) is 194 Å². The zero-order valence-electron chi connectivity index (χ0n) is 32.2. The Bertz CT molecular complexity index is 999. The molecule has 6 heteroatoms. The molecule has 2 heterocycles. The van der Waals surface area contributed by atoms with E-state index >= 15 is 0 Å². The van der Waals surface area contributed by atoms with Crippen molar-refractivity contribution in [2.75, 3.05) is 13.2 Å². The van der Waals surface area contributed by atoms with Crippen LogP contribution >= 0.6 is 0 Å². The van der Waals surface area contributed by atoms with E-state index in [9.17, 15) is 9.59 Å². The van der Waals surface area contributed by atoms with Gasteiger partial charge in [0.2, 0.25) is 0 Å². The van der Waals surface area contributed by atoms with E-state index < -0.39 is 0 Å². The molecular weight excluding hydrogens is 620 g/mol. The zero-order chi connectivity index (χ0) is 35.7. The maximum atomic E-state index is 12.5. The Morgan fingerprint density at radius 3 is 0.900 bits per heavy atom. The average Bonchev–Trinajstić information content (AvgIpc) is 3.14. The van der Waals surface area contributed by atoms with E-state index in [1.807, 2.05) is 0 Å². The number of rotatable bonds is 33. The Hall–Kier alpha value is -2.76. The lowest BCUT2D eigenvalue weighted by molar-refractivity contribution is 0.0488. The molecule has 0 amide bonds. The first-order valence-corrected chi connectivity index (χ1v) is 20.9. The summed E-state index contributed by atoms with van der Waals surface area (Å²) in [5, 5.41) is 0. The van der Waals surface area contributed by atoms with Gasteiger partial charge >= 0.3 is 11.9 Å². The molecule has 0 aromatic carbocycles. The van der Waals surface area contributed by atoms with Crippen LogP contribution in [0.1, 0.15) is 214 Å². The number of hydrogen-bond acceptors (Lipinski definition) is 6. The second-order valence-electron chi connectivity index (χ2n) is 14.3. The highest BCUT2D eigenvalue weighted by atomic mass is 16.5. The van der Waals surface area contributed by atoms with Crippen LogP contribution in [-0.4, -0.2) is 35.1 Å². The standard InChI is InChI=1S/C44H72N2O4/c1-3-5-7-9-11-13-15-17-19-21-23-25-27-29-35-49-43(47)39-31-33-41(45-37-39)42-34-32-40(38-46-42)44(48)50-36-30-28-26-24-22-20-18-16-14-12-10-8-6-4-2/h31-34,37-38H,3-30,35-36H2,1-2H3. The molecule has 0 aliphatic heterocycles. The number of esters is 2. The fourth-order valence-electron chi connectivity index (χ4n) is 6.42. The van der Waals surface area contributed by atoms with Crippen LogP contribution in [0.25, 0.3) is 11.4 Å². The predicted octanol–water partition coefficient (Wildman–Crippen LogP) is 13.4. The Kier molecular flexibility index (Phi) is 26.9. The number of hydrogen-bond donors (Lipinski definition) is 0. The van der Waals surface area contributed by atoms with Gasteiger partial charge in [-0.3, -0.25) is 9.97 Å². The molecule has 0 atom stereocenters. The Morgan fingerprint density at radius 2 is 0.660 bits per heavy atom. The van der Waals surface area contributed by atoms with Crippen molar-refractivity contribution in [1.82, 2.24) is 9.97 Å². The van der Waals surface area contributed by atoms with Gasteiger partial charge in [-0.1, -0.05) is 181 Å². The van der Waals surface area contributed by atoms with Crippen LogP contribution in [0, 0.1) is 0 Å². The lowest BCUT2D eigenvalue weighted by atomic mass is 10.0. The summed E-state index contributed by atoms with van der Waals surface area (Å²) in [6.07, 6.45) is 39.5. The number of carbonyl (C=O) groups excluding carboxylic acids is 2. The van der Waals surface area contributed by atoms with Gasteiger partial charge in [-0.2, -0.15) is 0 Å². The van der Waals surface area contributed by atoms with E-state index in [0.29, 0.717) is 35.7 Å². The summed E-state index contributed by atoms with van der Waals surface area (Å²) >= 11 is 0. The minimum atomic E-state index is -0.344. The highest BCUT2D eigenvalue weighted by Gasteiger charge is 2.11. The zero-order valence-corrected chi connectivity index (χ0v) is 32.2. The SMILES string of the molecule is CCCCCCCCCCCCCCCCOC(=O)c1ccc(-c2ccc(C(=O)OCCCCCCCCCCCCCCCC)cn2)nc1. The van der Waals surface area contributed by atoms with Crippen molar-refractivity contribution >= 4 is 11.9 Å². The molecule has 0 saturated carbocycles. The summed E-state index contributed by atoms with van der Waals surface area (Å²) in [6, 6.07) is 6.96. The molecule has 0 unspecified atom stereocenters. The third-order valence-electron chi connectivity index (χ3n) is 9.72. The average molecular weight is 693 g/mol. The molecule has 0 N–H and O–H groups in total. The van der Waals surface area contributed by atoms with E-state index in [1.165, 1.54) is 166 Å². The molecule has 282 valence electrons. The normalized spacial score (nSPS) is 11.2. The highest BCUT2D eigenvalue weighted by molar-refractivity contribution is 5.90. The van der Waals surface area contributed by atoms with Crippen molar-refractivity contribution in [3.05, 3.63) is 47.8 Å². The Morgan fingerprint density at radius 1 is 0.400 bits per heavy atom. The molecule has 0 fully saturated rings. The number of nitrogens with zero attached hydrogens (tertiary/aromatic N) is 2. The summed E-state index contributed by atoms with van der Waals surface area (Å²) in [4.78, 5) is 33.7. The van der Waals surface area contributed by atoms with Crippen LogP contribution in [0.4, 0.5) is 0 Å². The first kappa shape index (κ1) is 43.4. The Labute approximate surface area is 306 Å². The lowest BCUT2D eigenvalue weighted by Gasteiger charge is -2.07. The summed E-state index contributed by atoms with van der Waals surface area (Å²) in [5.74, 6) is -0.688. The van der Waals surface area contributed by atoms with Gasteiger partial charge in [0.05, 0.1) is 35.7 Å². The summed E-state index contributed by atoms with van der Waals surface area (Å²) in [7, 11) is 0. The molecule has 50 heavy (non-hydrogen) atoms. The van der Waals surface area contributed by atoms with Crippen molar-refractivity contribution in [1.29, 1.82) is 0 Å². The Balaban J connectivity index is 1.48. The topological polar surface area (TPSA) is 78.4 Å². The second-order valence-corrected chi connectivity index (χ2v) is 14.3. The van der Waals surface area contributed by atoms with E-state index in [4.69, 9.17) is 9.47 Å². The number of aromatic nitrogens is 2. The van der Waals surface area contributed by atoms with Gasteiger partial charge < -0.3 is 9.47 Å². The minimum absolute atomic E-state index is 0.344. The van der Waals surface area contributed by atoms with Crippen molar-refractivity contribution in [3.63, 3.8) is 0 Å². The first-order chi connectivity index (χ1) is 24.7. The van der Waals surface area contributed by atoms with E-state index in [-0.39, 0.29) is 11.9 Å². The lowest BCUT2D eigenvalue weighted by Crippen LogP contribution is -2.08. The van der Waals surface area contributed by atoms with Crippen LogP contribution in [0.2, 0.25) is 0 Å². The van der Waals surface area contributed by atoms with Gasteiger partial charge in [-0.25, -0.2) is 9.59 Å².